The van der Waals surface area contributed by atoms with Crippen LogP contribution in [0.3, 0.4) is 0 Å². The first-order valence-corrected chi connectivity index (χ1v) is 5.45. The molecule has 0 saturated heterocycles. The Bertz CT molecular complexity index is 506. The van der Waals surface area contributed by atoms with E-state index in [2.05, 4.69) is 11.9 Å². The molecule has 0 amide bonds. The number of phenols is 1. The predicted octanol–water partition coefficient (Wildman–Crippen LogP) is 3.33. The van der Waals surface area contributed by atoms with Crippen molar-refractivity contribution in [2.75, 3.05) is 0 Å². The highest BCUT2D eigenvalue weighted by Gasteiger charge is 2.05. The van der Waals surface area contributed by atoms with Gasteiger partial charge in [0.05, 0.1) is 0 Å². The van der Waals surface area contributed by atoms with Gasteiger partial charge in [0.1, 0.15) is 5.75 Å². The SMILES string of the molecule is CCc1cc(-c2cnccc2C)ccc1O. The van der Waals surface area contributed by atoms with Gasteiger partial charge in [-0.3, -0.25) is 4.98 Å². The quantitative estimate of drug-likeness (QED) is 0.830. The lowest BCUT2D eigenvalue weighted by Crippen LogP contribution is -1.87. The normalized spacial score (nSPS) is 10.4. The van der Waals surface area contributed by atoms with Crippen LogP contribution in [-0.2, 0) is 6.42 Å². The molecular weight excluding hydrogens is 198 g/mol. The van der Waals surface area contributed by atoms with Gasteiger partial charge < -0.3 is 5.11 Å². The summed E-state index contributed by atoms with van der Waals surface area (Å²) in [6.07, 6.45) is 4.49. The fraction of sp³-hybridized carbons (Fsp3) is 0.214. The topological polar surface area (TPSA) is 33.1 Å². The van der Waals surface area contributed by atoms with Crippen LogP contribution in [-0.4, -0.2) is 10.1 Å². The van der Waals surface area contributed by atoms with Crippen LogP contribution in [0.25, 0.3) is 11.1 Å². The van der Waals surface area contributed by atoms with Crippen molar-refractivity contribution in [2.45, 2.75) is 20.3 Å². The van der Waals surface area contributed by atoms with Crippen molar-refractivity contribution < 1.29 is 5.11 Å². The molecule has 0 aliphatic carbocycles. The molecule has 1 N–H and O–H groups in total. The van der Waals surface area contributed by atoms with Crippen molar-refractivity contribution in [3.8, 4) is 16.9 Å². The number of phenolic OH excluding ortho intramolecular Hbond substituents is 1. The van der Waals surface area contributed by atoms with Gasteiger partial charge in [-0.25, -0.2) is 0 Å². The summed E-state index contributed by atoms with van der Waals surface area (Å²) >= 11 is 0. The maximum Gasteiger partial charge on any atom is 0.118 e. The molecule has 2 heteroatoms. The van der Waals surface area contributed by atoms with Gasteiger partial charge in [-0.2, -0.15) is 0 Å². The van der Waals surface area contributed by atoms with E-state index in [1.54, 1.807) is 12.3 Å². The van der Waals surface area contributed by atoms with Crippen molar-refractivity contribution in [1.29, 1.82) is 0 Å². The number of aromatic hydroxyl groups is 1. The molecule has 0 fully saturated rings. The van der Waals surface area contributed by atoms with E-state index in [0.717, 1.165) is 23.1 Å². The maximum atomic E-state index is 9.64. The molecule has 0 atom stereocenters. The highest BCUT2D eigenvalue weighted by atomic mass is 16.3. The number of aromatic nitrogens is 1. The second-order valence-corrected chi connectivity index (χ2v) is 3.89. The minimum Gasteiger partial charge on any atom is -0.508 e. The van der Waals surface area contributed by atoms with E-state index < -0.39 is 0 Å². The Morgan fingerprint density at radius 1 is 1.25 bits per heavy atom. The smallest absolute Gasteiger partial charge is 0.118 e. The number of benzene rings is 1. The number of rotatable bonds is 2. The van der Waals surface area contributed by atoms with Gasteiger partial charge in [-0.15, -0.1) is 0 Å². The average Bonchev–Trinajstić information content (AvgIpc) is 2.31. The van der Waals surface area contributed by atoms with Gasteiger partial charge >= 0.3 is 0 Å². The highest BCUT2D eigenvalue weighted by Crippen LogP contribution is 2.27. The zero-order valence-electron chi connectivity index (χ0n) is 9.57. The Hall–Kier alpha value is -1.83. The van der Waals surface area contributed by atoms with E-state index in [0.29, 0.717) is 5.75 Å². The molecule has 1 heterocycles. The summed E-state index contributed by atoms with van der Waals surface area (Å²) in [5.74, 6) is 0.368. The fourth-order valence-corrected chi connectivity index (χ4v) is 1.80. The van der Waals surface area contributed by atoms with Gasteiger partial charge in [0.15, 0.2) is 0 Å². The van der Waals surface area contributed by atoms with Crippen LogP contribution in [0.5, 0.6) is 5.75 Å². The molecule has 16 heavy (non-hydrogen) atoms. The van der Waals surface area contributed by atoms with Gasteiger partial charge in [0, 0.05) is 18.0 Å². The first kappa shape index (κ1) is 10.7. The summed E-state index contributed by atoms with van der Waals surface area (Å²) in [7, 11) is 0. The van der Waals surface area contributed by atoms with Crippen LogP contribution >= 0.6 is 0 Å². The third kappa shape index (κ3) is 1.91. The standard InChI is InChI=1S/C14H15NO/c1-3-11-8-12(4-5-14(11)16)13-9-15-7-6-10(13)2/h4-9,16H,3H2,1-2H3. The lowest BCUT2D eigenvalue weighted by atomic mass is 9.99. The summed E-state index contributed by atoms with van der Waals surface area (Å²) < 4.78 is 0. The van der Waals surface area contributed by atoms with E-state index in [1.807, 2.05) is 31.3 Å². The first-order chi connectivity index (χ1) is 7.72. The highest BCUT2D eigenvalue weighted by molar-refractivity contribution is 5.67. The Labute approximate surface area is 95.6 Å². The van der Waals surface area contributed by atoms with Crippen LogP contribution < -0.4 is 0 Å². The van der Waals surface area contributed by atoms with Crippen LogP contribution in [0.15, 0.2) is 36.7 Å². The van der Waals surface area contributed by atoms with E-state index in [9.17, 15) is 5.11 Å². The molecule has 2 nitrogen and oxygen atoms in total. The zero-order chi connectivity index (χ0) is 11.5. The largest absolute Gasteiger partial charge is 0.508 e. The van der Waals surface area contributed by atoms with E-state index in [4.69, 9.17) is 0 Å². The lowest BCUT2D eigenvalue weighted by Gasteiger charge is -2.08. The van der Waals surface area contributed by atoms with E-state index in [1.165, 1.54) is 5.56 Å². The molecule has 0 aliphatic rings. The van der Waals surface area contributed by atoms with Crippen molar-refractivity contribution >= 4 is 0 Å². The average molecular weight is 213 g/mol. The molecule has 0 radical (unpaired) electrons. The fourth-order valence-electron chi connectivity index (χ4n) is 1.80. The molecule has 0 aliphatic heterocycles. The number of hydrogen-bond acceptors (Lipinski definition) is 2. The molecule has 2 rings (SSSR count). The van der Waals surface area contributed by atoms with Gasteiger partial charge in [-0.05, 0) is 48.2 Å². The van der Waals surface area contributed by atoms with E-state index >= 15 is 0 Å². The summed E-state index contributed by atoms with van der Waals surface area (Å²) in [5.41, 5.74) is 4.40. The van der Waals surface area contributed by atoms with Crippen LogP contribution in [0.2, 0.25) is 0 Å². The Balaban J connectivity index is 2.53. The molecule has 1 aromatic heterocycles. The number of hydrogen-bond donors (Lipinski definition) is 1. The minimum absolute atomic E-state index is 0.368. The summed E-state index contributed by atoms with van der Waals surface area (Å²) in [4.78, 5) is 4.14. The maximum absolute atomic E-state index is 9.64. The first-order valence-electron chi connectivity index (χ1n) is 5.45. The molecule has 0 unspecified atom stereocenters. The van der Waals surface area contributed by atoms with Crippen LogP contribution in [0, 0.1) is 6.92 Å². The lowest BCUT2D eigenvalue weighted by molar-refractivity contribution is 0.469. The van der Waals surface area contributed by atoms with Crippen molar-refractivity contribution in [1.82, 2.24) is 4.98 Å². The second kappa shape index (κ2) is 4.35. The minimum atomic E-state index is 0.368. The number of nitrogens with zero attached hydrogens (tertiary/aromatic N) is 1. The Morgan fingerprint density at radius 2 is 2.06 bits per heavy atom. The van der Waals surface area contributed by atoms with Gasteiger partial charge in [-0.1, -0.05) is 13.0 Å². The molecule has 0 bridgehead atoms. The van der Waals surface area contributed by atoms with Crippen molar-refractivity contribution in [3.63, 3.8) is 0 Å². The third-order valence-electron chi connectivity index (χ3n) is 2.81. The molecule has 2 aromatic rings. The van der Waals surface area contributed by atoms with Crippen LogP contribution in [0.4, 0.5) is 0 Å². The summed E-state index contributed by atoms with van der Waals surface area (Å²) in [6.45, 7) is 4.10. The van der Waals surface area contributed by atoms with Gasteiger partial charge in [0.2, 0.25) is 0 Å². The second-order valence-electron chi connectivity index (χ2n) is 3.89. The number of aryl methyl sites for hydroxylation is 2. The monoisotopic (exact) mass is 213 g/mol. The predicted molar refractivity (Wildman–Crippen MR) is 65.5 cm³/mol. The summed E-state index contributed by atoms with van der Waals surface area (Å²) in [6, 6.07) is 7.70. The zero-order valence-corrected chi connectivity index (χ0v) is 9.57. The Kier molecular flexibility index (Phi) is 2.91. The molecular formula is C14H15NO. The van der Waals surface area contributed by atoms with E-state index in [-0.39, 0.29) is 0 Å². The third-order valence-corrected chi connectivity index (χ3v) is 2.81. The molecule has 1 aromatic carbocycles. The number of pyridine rings is 1. The molecule has 82 valence electrons. The molecule has 0 spiro atoms. The van der Waals surface area contributed by atoms with Crippen LogP contribution in [0.1, 0.15) is 18.1 Å². The van der Waals surface area contributed by atoms with Crippen molar-refractivity contribution in [3.05, 3.63) is 47.8 Å². The Morgan fingerprint density at radius 3 is 2.75 bits per heavy atom. The summed E-state index contributed by atoms with van der Waals surface area (Å²) in [5, 5.41) is 9.64. The molecule has 0 saturated carbocycles. The van der Waals surface area contributed by atoms with Crippen molar-refractivity contribution in [2.24, 2.45) is 0 Å². The van der Waals surface area contributed by atoms with Gasteiger partial charge in [0.25, 0.3) is 0 Å².